The molecule has 1 saturated carbocycles. The van der Waals surface area contributed by atoms with E-state index in [0.29, 0.717) is 49.0 Å². The Kier molecular flexibility index (Phi) is 13.8. The van der Waals surface area contributed by atoms with Gasteiger partial charge in [-0.25, -0.2) is 0 Å². The Morgan fingerprint density at radius 1 is 1.00 bits per heavy atom. The molecule has 1 aliphatic carbocycles. The fourth-order valence-electron chi connectivity index (χ4n) is 5.36. The third-order valence-corrected chi connectivity index (χ3v) is 7.55. The average molecular weight is 529 g/mol. The first-order valence-corrected chi connectivity index (χ1v) is 14.9. The van der Waals surface area contributed by atoms with Crippen LogP contribution in [0.5, 0.6) is 0 Å². The lowest BCUT2D eigenvalue weighted by molar-refractivity contribution is -0.125. The quantitative estimate of drug-likeness (QED) is 0.293. The number of benzene rings is 1. The summed E-state index contributed by atoms with van der Waals surface area (Å²) in [7, 11) is 0. The summed E-state index contributed by atoms with van der Waals surface area (Å²) in [6.07, 6.45) is 9.09. The maximum absolute atomic E-state index is 13.4. The highest BCUT2D eigenvalue weighted by Crippen LogP contribution is 2.28. The van der Waals surface area contributed by atoms with Gasteiger partial charge in [0.1, 0.15) is 0 Å². The van der Waals surface area contributed by atoms with Crippen molar-refractivity contribution < 1.29 is 14.4 Å². The van der Waals surface area contributed by atoms with Crippen molar-refractivity contribution in [1.29, 1.82) is 0 Å². The molecule has 3 atom stereocenters. The Hall–Kier alpha value is -2.41. The maximum atomic E-state index is 13.4. The molecule has 0 unspecified atom stereocenters. The highest BCUT2D eigenvalue weighted by molar-refractivity contribution is 5.99. The van der Waals surface area contributed by atoms with Gasteiger partial charge < -0.3 is 21.3 Å². The topological polar surface area (TPSA) is 105 Å². The summed E-state index contributed by atoms with van der Waals surface area (Å²) in [4.78, 5) is 41.0. The lowest BCUT2D eigenvalue weighted by Gasteiger charge is -2.32. The molecule has 0 bridgehead atoms. The van der Waals surface area contributed by atoms with Gasteiger partial charge in [-0.3, -0.25) is 14.4 Å². The molecule has 0 saturated heterocycles. The number of nitrogens with two attached hydrogens (primary N) is 1. The number of amides is 3. The number of hydrogen-bond acceptors (Lipinski definition) is 4. The fourth-order valence-corrected chi connectivity index (χ4v) is 5.36. The predicted molar refractivity (Wildman–Crippen MR) is 155 cm³/mol. The van der Waals surface area contributed by atoms with E-state index in [2.05, 4.69) is 38.3 Å². The number of nitrogens with one attached hydrogen (secondary N) is 2. The summed E-state index contributed by atoms with van der Waals surface area (Å²) >= 11 is 0. The molecule has 1 aromatic rings. The van der Waals surface area contributed by atoms with E-state index in [4.69, 9.17) is 5.73 Å². The second kappa shape index (κ2) is 16.5. The molecular formula is C31H52N4O3. The van der Waals surface area contributed by atoms with Gasteiger partial charge in [-0.15, -0.1) is 0 Å². The number of rotatable bonds is 15. The van der Waals surface area contributed by atoms with Gasteiger partial charge >= 0.3 is 0 Å². The van der Waals surface area contributed by atoms with E-state index in [1.54, 1.807) is 24.3 Å². The van der Waals surface area contributed by atoms with Crippen LogP contribution in [0.1, 0.15) is 113 Å². The van der Waals surface area contributed by atoms with Crippen molar-refractivity contribution in [2.45, 2.75) is 104 Å². The van der Waals surface area contributed by atoms with Crippen LogP contribution in [0.15, 0.2) is 24.3 Å². The SMILES string of the molecule is CCCN(CCC)C(=O)c1cccc(C(=O)N[C@@H](CC2CCCCC2)[C@@H](N)C[C@@H](C)C(=O)NCC(C)C)c1. The number of nitrogens with zero attached hydrogens (tertiary/aromatic N) is 1. The van der Waals surface area contributed by atoms with Crippen molar-refractivity contribution in [3.05, 3.63) is 35.4 Å². The molecular weight excluding hydrogens is 476 g/mol. The summed E-state index contributed by atoms with van der Waals surface area (Å²) in [6.45, 7) is 12.2. The van der Waals surface area contributed by atoms with Gasteiger partial charge in [-0.1, -0.05) is 72.8 Å². The molecule has 7 nitrogen and oxygen atoms in total. The van der Waals surface area contributed by atoms with Crippen LogP contribution in [0.3, 0.4) is 0 Å². The molecule has 3 amide bonds. The minimum Gasteiger partial charge on any atom is -0.356 e. The maximum Gasteiger partial charge on any atom is 0.253 e. The molecule has 1 aromatic carbocycles. The number of hydrogen-bond donors (Lipinski definition) is 3. The molecule has 0 aromatic heterocycles. The molecule has 1 aliphatic rings. The molecule has 2 rings (SSSR count). The average Bonchev–Trinajstić information content (AvgIpc) is 2.91. The predicted octanol–water partition coefficient (Wildman–Crippen LogP) is 5.14. The highest BCUT2D eigenvalue weighted by Gasteiger charge is 2.28. The van der Waals surface area contributed by atoms with Gasteiger partial charge in [0.05, 0.1) is 0 Å². The third-order valence-electron chi connectivity index (χ3n) is 7.55. The van der Waals surface area contributed by atoms with Crippen LogP contribution in [-0.4, -0.2) is 54.3 Å². The normalized spacial score (nSPS) is 16.5. The molecule has 4 N–H and O–H groups in total. The van der Waals surface area contributed by atoms with Crippen molar-refractivity contribution in [2.75, 3.05) is 19.6 Å². The lowest BCUT2D eigenvalue weighted by Crippen LogP contribution is -2.50. The molecule has 0 aliphatic heterocycles. The minimum atomic E-state index is -0.338. The number of carbonyl (C=O) groups excluding carboxylic acids is 3. The van der Waals surface area contributed by atoms with Crippen molar-refractivity contribution in [3.63, 3.8) is 0 Å². The zero-order valence-corrected chi connectivity index (χ0v) is 24.4. The van der Waals surface area contributed by atoms with E-state index in [-0.39, 0.29) is 35.7 Å². The van der Waals surface area contributed by atoms with E-state index in [1.807, 2.05) is 11.8 Å². The van der Waals surface area contributed by atoms with Crippen LogP contribution >= 0.6 is 0 Å². The van der Waals surface area contributed by atoms with Crippen LogP contribution in [0.4, 0.5) is 0 Å². The van der Waals surface area contributed by atoms with E-state index in [9.17, 15) is 14.4 Å². The standard InChI is InChI=1S/C31H52N4O3/c1-6-16-35(17-7-2)31(38)26-15-11-14-25(20-26)30(37)34-28(19-24-12-9-8-10-13-24)27(32)18-23(5)29(36)33-21-22(3)4/h11,14-15,20,22-24,27-28H,6-10,12-13,16-19,21,32H2,1-5H3,(H,33,36)(H,34,37)/t23-,27+,28+/m1/s1. The number of carbonyl (C=O) groups is 3. The second-order valence-electron chi connectivity index (χ2n) is 11.6. The van der Waals surface area contributed by atoms with Gasteiger partial charge in [0, 0.05) is 48.8 Å². The summed E-state index contributed by atoms with van der Waals surface area (Å²) in [6, 6.07) is 6.43. The summed E-state index contributed by atoms with van der Waals surface area (Å²) in [5.74, 6) is 0.419. The van der Waals surface area contributed by atoms with Gasteiger partial charge in [0.25, 0.3) is 11.8 Å². The zero-order chi connectivity index (χ0) is 28.1. The zero-order valence-electron chi connectivity index (χ0n) is 24.4. The van der Waals surface area contributed by atoms with Crippen LogP contribution in [-0.2, 0) is 4.79 Å². The molecule has 38 heavy (non-hydrogen) atoms. The Morgan fingerprint density at radius 2 is 1.63 bits per heavy atom. The minimum absolute atomic E-state index is 0.00631. The van der Waals surface area contributed by atoms with E-state index >= 15 is 0 Å². The van der Waals surface area contributed by atoms with Crippen LogP contribution in [0.25, 0.3) is 0 Å². The lowest BCUT2D eigenvalue weighted by atomic mass is 9.82. The van der Waals surface area contributed by atoms with E-state index in [1.165, 1.54) is 19.3 Å². The molecule has 1 fully saturated rings. The largest absolute Gasteiger partial charge is 0.356 e. The summed E-state index contributed by atoms with van der Waals surface area (Å²) < 4.78 is 0. The highest BCUT2D eigenvalue weighted by atomic mass is 16.2. The summed E-state index contributed by atoms with van der Waals surface area (Å²) in [5, 5.41) is 6.20. The first-order valence-electron chi connectivity index (χ1n) is 14.9. The molecule has 0 radical (unpaired) electrons. The second-order valence-corrected chi connectivity index (χ2v) is 11.6. The first kappa shape index (κ1) is 31.8. The van der Waals surface area contributed by atoms with Crippen LogP contribution < -0.4 is 16.4 Å². The van der Waals surface area contributed by atoms with E-state index in [0.717, 1.165) is 32.1 Å². The monoisotopic (exact) mass is 528 g/mol. The fraction of sp³-hybridized carbons (Fsp3) is 0.710. The van der Waals surface area contributed by atoms with Crippen molar-refractivity contribution in [1.82, 2.24) is 15.5 Å². The van der Waals surface area contributed by atoms with Gasteiger partial charge in [-0.05, 0) is 55.7 Å². The smallest absolute Gasteiger partial charge is 0.253 e. The van der Waals surface area contributed by atoms with E-state index < -0.39 is 0 Å². The Morgan fingerprint density at radius 3 is 2.24 bits per heavy atom. The Balaban J connectivity index is 2.15. The molecule has 214 valence electrons. The summed E-state index contributed by atoms with van der Waals surface area (Å²) in [5.41, 5.74) is 7.68. The van der Waals surface area contributed by atoms with Gasteiger partial charge in [-0.2, -0.15) is 0 Å². The Bertz CT molecular complexity index is 876. The van der Waals surface area contributed by atoms with Crippen molar-refractivity contribution >= 4 is 17.7 Å². The Labute approximate surface area is 230 Å². The van der Waals surface area contributed by atoms with Crippen LogP contribution in [0, 0.1) is 17.8 Å². The van der Waals surface area contributed by atoms with Gasteiger partial charge in [0.2, 0.25) is 5.91 Å². The molecule has 7 heteroatoms. The molecule has 0 heterocycles. The van der Waals surface area contributed by atoms with Crippen molar-refractivity contribution in [2.24, 2.45) is 23.5 Å². The van der Waals surface area contributed by atoms with Crippen molar-refractivity contribution in [3.8, 4) is 0 Å². The third kappa shape index (κ3) is 10.4. The first-order chi connectivity index (χ1) is 18.2. The van der Waals surface area contributed by atoms with Crippen LogP contribution in [0.2, 0.25) is 0 Å². The van der Waals surface area contributed by atoms with Gasteiger partial charge in [0.15, 0.2) is 0 Å². The molecule has 0 spiro atoms.